The summed E-state index contributed by atoms with van der Waals surface area (Å²) in [5, 5.41) is 9.51. The number of carbonyl (C=O) groups is 1. The number of anilines is 1. The summed E-state index contributed by atoms with van der Waals surface area (Å²) in [6.07, 6.45) is 5.04. The van der Waals surface area contributed by atoms with E-state index in [9.17, 15) is 18.0 Å². The van der Waals surface area contributed by atoms with Gasteiger partial charge in [0.05, 0.1) is 17.3 Å². The molecule has 3 N–H and O–H groups in total. The van der Waals surface area contributed by atoms with Crippen molar-refractivity contribution in [3.8, 4) is 11.8 Å². The van der Waals surface area contributed by atoms with Gasteiger partial charge in [-0.3, -0.25) is 14.7 Å². The van der Waals surface area contributed by atoms with Gasteiger partial charge in [-0.15, -0.1) is 0 Å². The number of rotatable bonds is 6. The average molecular weight is 478 g/mol. The molecule has 4 rings (SSSR count). The molecule has 1 saturated heterocycles. The van der Waals surface area contributed by atoms with E-state index in [1.165, 1.54) is 42.9 Å². The third kappa shape index (κ3) is 6.22. The topological polar surface area (TPSA) is 97.8 Å². The summed E-state index contributed by atoms with van der Waals surface area (Å²) in [6, 6.07) is 5.35. The molecule has 1 fully saturated rings. The van der Waals surface area contributed by atoms with Crippen LogP contribution < -0.4 is 5.32 Å². The molecule has 0 atom stereocenters. The van der Waals surface area contributed by atoms with Gasteiger partial charge in [-0.2, -0.15) is 13.2 Å². The lowest BCUT2D eigenvalue weighted by Crippen LogP contribution is -2.36. The maximum Gasteiger partial charge on any atom is 0.416 e. The fourth-order valence-corrected chi connectivity index (χ4v) is 3.44. The molecule has 178 valence electrons. The maximum absolute atomic E-state index is 13.6. The molecule has 2 aromatic heterocycles. The normalized spacial score (nSPS) is 13.7. The van der Waals surface area contributed by atoms with Crippen molar-refractivity contribution in [2.45, 2.75) is 19.1 Å². The Morgan fingerprint density at radius 1 is 1.20 bits per heavy atom. The van der Waals surface area contributed by atoms with E-state index in [1.54, 1.807) is 6.08 Å². The highest BCUT2D eigenvalue weighted by Crippen LogP contribution is 2.35. The Morgan fingerprint density at radius 3 is 2.74 bits per heavy atom. The van der Waals surface area contributed by atoms with Crippen molar-refractivity contribution in [1.29, 1.82) is 5.41 Å². The van der Waals surface area contributed by atoms with Crippen LogP contribution in [0.25, 0.3) is 6.08 Å². The maximum atomic E-state index is 13.6. The highest BCUT2D eigenvalue weighted by Gasteiger charge is 2.34. The van der Waals surface area contributed by atoms with Crippen LogP contribution in [0.1, 0.15) is 45.0 Å². The predicted octanol–water partition coefficient (Wildman–Crippen LogP) is 4.34. The Labute approximate surface area is 199 Å². The molecule has 0 radical (unpaired) electrons. The summed E-state index contributed by atoms with van der Waals surface area (Å²) < 4.78 is 40.9. The number of carbonyl (C=O) groups excluding carboxylic acids is 1. The molecule has 1 amide bonds. The number of halogens is 3. The largest absolute Gasteiger partial charge is 0.416 e. The zero-order chi connectivity index (χ0) is 24.8. The van der Waals surface area contributed by atoms with E-state index < -0.39 is 17.6 Å². The zero-order valence-corrected chi connectivity index (χ0v) is 18.5. The van der Waals surface area contributed by atoms with E-state index in [0.29, 0.717) is 17.1 Å². The van der Waals surface area contributed by atoms with Gasteiger partial charge in [-0.1, -0.05) is 12.0 Å². The molecule has 35 heavy (non-hydrogen) atoms. The summed E-state index contributed by atoms with van der Waals surface area (Å²) in [5.74, 6) is 5.69. The minimum absolute atomic E-state index is 0.0501. The first-order chi connectivity index (χ1) is 16.8. The van der Waals surface area contributed by atoms with Crippen molar-refractivity contribution in [1.82, 2.24) is 19.9 Å². The molecule has 3 aromatic rings. The van der Waals surface area contributed by atoms with Gasteiger partial charge in [0.25, 0.3) is 5.91 Å². The van der Waals surface area contributed by atoms with Crippen molar-refractivity contribution in [2.24, 2.45) is 0 Å². The number of amides is 1. The first kappa shape index (κ1) is 23.9. The van der Waals surface area contributed by atoms with Crippen molar-refractivity contribution < 1.29 is 18.0 Å². The van der Waals surface area contributed by atoms with Crippen LogP contribution in [-0.4, -0.2) is 45.1 Å². The molecule has 0 spiro atoms. The predicted molar refractivity (Wildman–Crippen MR) is 126 cm³/mol. The number of aromatic amines is 1. The standard InChI is InChI=1S/C25H21F3N6O/c26-25(27,28)22-12-20(7-5-18(22)16-34-9-2-10-34)33-24(35)19-11-17(13-30-14-19)4-6-21-15-31-23(32-21)3-1-8-29/h1,3,5,7-8,11-15,29H,2,9-10,16H2,(H,31,32)(H,33,35)/b3-1-,29-8?. The molecular formula is C25H21F3N6O. The first-order valence-electron chi connectivity index (χ1n) is 10.7. The number of nitrogens with one attached hydrogen (secondary N) is 3. The van der Waals surface area contributed by atoms with Gasteiger partial charge in [0, 0.05) is 36.4 Å². The van der Waals surface area contributed by atoms with Crippen LogP contribution in [0.4, 0.5) is 18.9 Å². The number of aromatic nitrogens is 3. The molecule has 0 saturated carbocycles. The third-order valence-electron chi connectivity index (χ3n) is 5.30. The van der Waals surface area contributed by atoms with E-state index in [1.807, 2.05) is 4.90 Å². The summed E-state index contributed by atoms with van der Waals surface area (Å²) in [6.45, 7) is 1.79. The molecule has 0 aliphatic carbocycles. The van der Waals surface area contributed by atoms with Gasteiger partial charge < -0.3 is 15.7 Å². The van der Waals surface area contributed by atoms with Gasteiger partial charge in [-0.25, -0.2) is 4.98 Å². The number of hydrogen-bond donors (Lipinski definition) is 3. The van der Waals surface area contributed by atoms with Gasteiger partial charge in [0.15, 0.2) is 0 Å². The minimum atomic E-state index is -4.53. The molecule has 0 unspecified atom stereocenters. The molecular weight excluding hydrogens is 457 g/mol. The number of pyridine rings is 1. The van der Waals surface area contributed by atoms with Crippen molar-refractivity contribution >= 4 is 23.9 Å². The van der Waals surface area contributed by atoms with Crippen LogP contribution in [0.5, 0.6) is 0 Å². The third-order valence-corrected chi connectivity index (χ3v) is 5.30. The second-order valence-corrected chi connectivity index (χ2v) is 7.87. The van der Waals surface area contributed by atoms with Crippen molar-refractivity contribution in [3.63, 3.8) is 0 Å². The Hall–Kier alpha value is -4.23. The average Bonchev–Trinajstić information content (AvgIpc) is 3.26. The summed E-state index contributed by atoms with van der Waals surface area (Å²) >= 11 is 0. The van der Waals surface area contributed by atoms with Crippen molar-refractivity contribution in [2.75, 3.05) is 18.4 Å². The van der Waals surface area contributed by atoms with Crippen LogP contribution in [0.3, 0.4) is 0 Å². The zero-order valence-electron chi connectivity index (χ0n) is 18.5. The fourth-order valence-electron chi connectivity index (χ4n) is 3.44. The monoisotopic (exact) mass is 478 g/mol. The van der Waals surface area contributed by atoms with E-state index in [4.69, 9.17) is 5.41 Å². The number of benzene rings is 1. The first-order valence-corrected chi connectivity index (χ1v) is 10.7. The second kappa shape index (κ2) is 10.4. The molecule has 7 nitrogen and oxygen atoms in total. The molecule has 1 aliphatic rings. The number of hydrogen-bond acceptors (Lipinski definition) is 5. The molecule has 3 heterocycles. The number of nitrogens with zero attached hydrogens (tertiary/aromatic N) is 3. The fraction of sp³-hybridized carbons (Fsp3) is 0.200. The van der Waals surface area contributed by atoms with Gasteiger partial charge in [0.1, 0.15) is 11.5 Å². The van der Waals surface area contributed by atoms with Gasteiger partial charge >= 0.3 is 6.18 Å². The van der Waals surface area contributed by atoms with Gasteiger partial charge in [0.2, 0.25) is 0 Å². The number of imidazole rings is 1. The lowest BCUT2D eigenvalue weighted by atomic mass is 10.0. The Bertz CT molecular complexity index is 1330. The SMILES string of the molecule is N=C/C=C\c1ncc(C#Cc2cncc(C(=O)Nc3ccc(CN4CCC4)c(C(F)(F)F)c3)c2)[nH]1. The van der Waals surface area contributed by atoms with E-state index in [2.05, 4.69) is 32.1 Å². The van der Waals surface area contributed by atoms with E-state index in [0.717, 1.165) is 31.8 Å². The highest BCUT2D eigenvalue weighted by atomic mass is 19.4. The second-order valence-electron chi connectivity index (χ2n) is 7.87. The van der Waals surface area contributed by atoms with Crippen molar-refractivity contribution in [3.05, 3.63) is 82.7 Å². The summed E-state index contributed by atoms with van der Waals surface area (Å²) in [4.78, 5) is 25.7. The molecule has 1 aromatic carbocycles. The Balaban J connectivity index is 1.49. The highest BCUT2D eigenvalue weighted by molar-refractivity contribution is 6.04. The van der Waals surface area contributed by atoms with E-state index in [-0.39, 0.29) is 23.4 Å². The lowest BCUT2D eigenvalue weighted by Gasteiger charge is -2.31. The van der Waals surface area contributed by atoms with Crippen LogP contribution >= 0.6 is 0 Å². The molecule has 1 aliphatic heterocycles. The summed E-state index contributed by atoms with van der Waals surface area (Å²) in [5.41, 5.74) is 0.620. The van der Waals surface area contributed by atoms with Gasteiger partial charge in [-0.05, 0) is 61.3 Å². The van der Waals surface area contributed by atoms with Crippen LogP contribution in [0, 0.1) is 17.3 Å². The lowest BCUT2D eigenvalue weighted by molar-refractivity contribution is -0.138. The number of alkyl halides is 3. The smallest absolute Gasteiger partial charge is 0.332 e. The van der Waals surface area contributed by atoms with Crippen LogP contribution in [-0.2, 0) is 12.7 Å². The number of allylic oxidation sites excluding steroid dienone is 1. The Morgan fingerprint density at radius 2 is 2.03 bits per heavy atom. The van der Waals surface area contributed by atoms with Crippen LogP contribution in [0.15, 0.2) is 48.9 Å². The van der Waals surface area contributed by atoms with E-state index >= 15 is 0 Å². The number of H-pyrrole nitrogens is 1. The minimum Gasteiger partial charge on any atom is -0.332 e. The molecule has 10 heteroatoms. The molecule has 0 bridgehead atoms. The number of likely N-dealkylation sites (tertiary alicyclic amines) is 1. The quantitative estimate of drug-likeness (QED) is 0.363. The Kier molecular flexibility index (Phi) is 7.08. The summed E-state index contributed by atoms with van der Waals surface area (Å²) in [7, 11) is 0. The van der Waals surface area contributed by atoms with Crippen LogP contribution in [0.2, 0.25) is 0 Å².